The highest BCUT2D eigenvalue weighted by Gasteiger charge is 2.40. The largest absolute Gasteiger partial charge is 0.394 e. The number of morpholine rings is 1. The first-order chi connectivity index (χ1) is 18.2. The highest BCUT2D eigenvalue weighted by molar-refractivity contribution is 6.30. The van der Waals surface area contributed by atoms with E-state index in [1.165, 1.54) is 21.9 Å². The molecule has 0 bridgehead atoms. The van der Waals surface area contributed by atoms with Crippen LogP contribution in [0.1, 0.15) is 6.42 Å². The van der Waals surface area contributed by atoms with Crippen molar-refractivity contribution in [2.24, 2.45) is 0 Å². The fraction of sp³-hybridized carbons (Fsp3) is 0.400. The molecule has 11 nitrogen and oxygen atoms in total. The Bertz CT molecular complexity index is 1170. The minimum Gasteiger partial charge on any atom is -0.394 e. The van der Waals surface area contributed by atoms with Crippen molar-refractivity contribution in [1.82, 2.24) is 4.90 Å². The summed E-state index contributed by atoms with van der Waals surface area (Å²) in [6, 6.07) is 8.84. The van der Waals surface area contributed by atoms with Gasteiger partial charge in [-0.25, -0.2) is 9.18 Å². The number of carbonyl (C=O) groups excluding carboxylic acids is 3. The molecule has 4 amide bonds. The molecule has 2 aromatic carbocycles. The van der Waals surface area contributed by atoms with Gasteiger partial charge in [0.1, 0.15) is 24.6 Å². The first-order valence-corrected chi connectivity index (χ1v) is 12.3. The fourth-order valence-electron chi connectivity index (χ4n) is 4.20. The second-order valence-corrected chi connectivity index (χ2v) is 9.32. The van der Waals surface area contributed by atoms with Crippen molar-refractivity contribution >= 4 is 46.5 Å². The average Bonchev–Trinajstić information content (AvgIpc) is 3.35. The van der Waals surface area contributed by atoms with E-state index in [0.29, 0.717) is 23.0 Å². The molecular formula is C25H28ClFN4O7. The van der Waals surface area contributed by atoms with Crippen LogP contribution in [0.3, 0.4) is 0 Å². The Morgan fingerprint density at radius 1 is 1.21 bits per heavy atom. The number of nitrogens with zero attached hydrogens (tertiary/aromatic N) is 2. The average molecular weight is 551 g/mol. The quantitative estimate of drug-likeness (QED) is 0.393. The van der Waals surface area contributed by atoms with Gasteiger partial charge in [0.2, 0.25) is 5.91 Å². The predicted octanol–water partition coefficient (Wildman–Crippen LogP) is 1.83. The predicted molar refractivity (Wildman–Crippen MR) is 137 cm³/mol. The van der Waals surface area contributed by atoms with Crippen LogP contribution >= 0.6 is 11.6 Å². The summed E-state index contributed by atoms with van der Waals surface area (Å²) in [6.45, 7) is -0.123. The maximum atomic E-state index is 14.9. The summed E-state index contributed by atoms with van der Waals surface area (Å²) in [5.41, 5.74) is 0.685. The van der Waals surface area contributed by atoms with Gasteiger partial charge in [0.25, 0.3) is 5.91 Å². The molecule has 1 unspecified atom stereocenters. The van der Waals surface area contributed by atoms with E-state index in [4.69, 9.17) is 26.2 Å². The lowest BCUT2D eigenvalue weighted by atomic mass is 10.1. The Hall–Kier alpha value is -3.29. The number of halogens is 2. The molecule has 3 atom stereocenters. The standard InChI is InChI=1S/C25H28ClFN4O7/c26-15-1-3-16(4-2-15)28-25(36)31-11-19(38-13-18(33)12-32)10-22(31)24(35)29-21-6-5-17(9-20(21)27)30-7-8-37-14-23(30)34/h1-6,9,18-19,22,32-33H,7-8,10-14H2,(H,28,36)(H,29,35)/t18?,19-,22-/m1/s1. The van der Waals surface area contributed by atoms with Gasteiger partial charge >= 0.3 is 6.03 Å². The second kappa shape index (κ2) is 12.5. The van der Waals surface area contributed by atoms with Crippen LogP contribution in [0.5, 0.6) is 0 Å². The second-order valence-electron chi connectivity index (χ2n) is 8.88. The minimum atomic E-state index is -1.11. The molecule has 4 N–H and O–H groups in total. The number of amides is 4. The van der Waals surface area contributed by atoms with Gasteiger partial charge in [-0.05, 0) is 42.5 Å². The number of aliphatic hydroxyl groups is 2. The number of ether oxygens (including phenoxy) is 2. The monoisotopic (exact) mass is 550 g/mol. The highest BCUT2D eigenvalue weighted by atomic mass is 35.5. The molecular weight excluding hydrogens is 523 g/mol. The smallest absolute Gasteiger partial charge is 0.322 e. The number of hydrogen-bond donors (Lipinski definition) is 4. The van der Waals surface area contributed by atoms with Crippen LogP contribution in [0.15, 0.2) is 42.5 Å². The molecule has 0 saturated carbocycles. The fourth-order valence-corrected chi connectivity index (χ4v) is 4.33. The third-order valence-electron chi connectivity index (χ3n) is 6.16. The van der Waals surface area contributed by atoms with Crippen molar-refractivity contribution < 1.29 is 38.5 Å². The number of nitrogens with one attached hydrogen (secondary N) is 2. The van der Waals surface area contributed by atoms with E-state index in [0.717, 1.165) is 6.07 Å². The van der Waals surface area contributed by atoms with Crippen LogP contribution in [0.2, 0.25) is 5.02 Å². The first kappa shape index (κ1) is 27.7. The van der Waals surface area contributed by atoms with E-state index in [1.807, 2.05) is 0 Å². The number of aliphatic hydroxyl groups excluding tert-OH is 2. The van der Waals surface area contributed by atoms with Crippen molar-refractivity contribution in [2.75, 3.05) is 55.1 Å². The van der Waals surface area contributed by atoms with E-state index < -0.39 is 42.6 Å². The van der Waals surface area contributed by atoms with Gasteiger partial charge in [0.15, 0.2) is 0 Å². The van der Waals surface area contributed by atoms with Crippen LogP contribution in [0.4, 0.5) is 26.2 Å². The van der Waals surface area contributed by atoms with Gasteiger partial charge in [0, 0.05) is 35.9 Å². The van der Waals surface area contributed by atoms with Gasteiger partial charge in [-0.3, -0.25) is 9.59 Å². The zero-order chi connectivity index (χ0) is 27.2. The Morgan fingerprint density at radius 2 is 1.97 bits per heavy atom. The molecule has 0 spiro atoms. The van der Waals surface area contributed by atoms with Crippen LogP contribution in [0, 0.1) is 5.82 Å². The summed E-state index contributed by atoms with van der Waals surface area (Å²) in [4.78, 5) is 41.0. The molecule has 2 aliphatic heterocycles. The number of likely N-dealkylation sites (tertiary alicyclic amines) is 1. The molecule has 204 valence electrons. The van der Waals surface area contributed by atoms with Crippen molar-refractivity contribution in [3.63, 3.8) is 0 Å². The molecule has 0 aromatic heterocycles. The highest BCUT2D eigenvalue weighted by Crippen LogP contribution is 2.27. The van der Waals surface area contributed by atoms with Crippen molar-refractivity contribution in [3.05, 3.63) is 53.3 Å². The Kier molecular flexibility index (Phi) is 9.13. The summed E-state index contributed by atoms with van der Waals surface area (Å²) in [5.74, 6) is -1.68. The van der Waals surface area contributed by atoms with E-state index in [2.05, 4.69) is 10.6 Å². The topological polar surface area (TPSA) is 141 Å². The Balaban J connectivity index is 1.47. The molecule has 0 radical (unpaired) electrons. The number of hydrogen-bond acceptors (Lipinski definition) is 7. The van der Waals surface area contributed by atoms with E-state index in [-0.39, 0.29) is 44.3 Å². The number of benzene rings is 2. The lowest BCUT2D eigenvalue weighted by Crippen LogP contribution is -2.45. The molecule has 38 heavy (non-hydrogen) atoms. The first-order valence-electron chi connectivity index (χ1n) is 12.0. The normalized spacial score (nSPS) is 20.4. The van der Waals surface area contributed by atoms with Gasteiger partial charge in [0.05, 0.1) is 31.6 Å². The van der Waals surface area contributed by atoms with Crippen molar-refractivity contribution in [1.29, 1.82) is 0 Å². The van der Waals surface area contributed by atoms with Gasteiger partial charge in [-0.2, -0.15) is 0 Å². The maximum absolute atomic E-state index is 14.9. The van der Waals surface area contributed by atoms with Crippen LogP contribution in [-0.4, -0.2) is 90.7 Å². The molecule has 2 aliphatic rings. The Labute approximate surface area is 223 Å². The van der Waals surface area contributed by atoms with E-state index in [9.17, 15) is 23.9 Å². The summed E-state index contributed by atoms with van der Waals surface area (Å²) >= 11 is 5.90. The van der Waals surface area contributed by atoms with Crippen molar-refractivity contribution in [3.8, 4) is 0 Å². The minimum absolute atomic E-state index is 0.0240. The van der Waals surface area contributed by atoms with Crippen LogP contribution in [-0.2, 0) is 19.1 Å². The summed E-state index contributed by atoms with van der Waals surface area (Å²) in [6.07, 6.45) is -1.63. The third-order valence-corrected chi connectivity index (χ3v) is 6.42. The zero-order valence-electron chi connectivity index (χ0n) is 20.3. The van der Waals surface area contributed by atoms with Gasteiger partial charge in [-0.15, -0.1) is 0 Å². The van der Waals surface area contributed by atoms with Crippen LogP contribution < -0.4 is 15.5 Å². The maximum Gasteiger partial charge on any atom is 0.322 e. The lowest BCUT2D eigenvalue weighted by Gasteiger charge is -2.27. The van der Waals surface area contributed by atoms with E-state index in [1.54, 1.807) is 24.3 Å². The SMILES string of the molecule is O=C(Nc1ccc(N2CCOCC2=O)cc1F)[C@H]1C[C@@H](OCC(O)CO)CN1C(=O)Nc1ccc(Cl)cc1. The lowest BCUT2D eigenvalue weighted by molar-refractivity contribution is -0.125. The Morgan fingerprint density at radius 3 is 2.66 bits per heavy atom. The molecule has 4 rings (SSSR count). The number of carbonyl (C=O) groups is 3. The number of rotatable bonds is 8. The van der Waals surface area contributed by atoms with Gasteiger partial charge in [-0.1, -0.05) is 11.6 Å². The zero-order valence-corrected chi connectivity index (χ0v) is 21.1. The molecule has 2 aromatic rings. The third kappa shape index (κ3) is 6.77. The summed E-state index contributed by atoms with van der Waals surface area (Å²) < 4.78 is 25.6. The molecule has 13 heteroatoms. The van der Waals surface area contributed by atoms with Crippen LogP contribution in [0.25, 0.3) is 0 Å². The number of anilines is 3. The molecule has 2 heterocycles. The molecule has 0 aliphatic carbocycles. The van der Waals surface area contributed by atoms with Gasteiger partial charge < -0.3 is 40.1 Å². The number of urea groups is 1. The summed E-state index contributed by atoms with van der Waals surface area (Å²) in [7, 11) is 0. The molecule has 2 fully saturated rings. The molecule has 2 saturated heterocycles. The summed E-state index contributed by atoms with van der Waals surface area (Å²) in [5, 5.41) is 24.4. The van der Waals surface area contributed by atoms with E-state index >= 15 is 0 Å². The van der Waals surface area contributed by atoms with Crippen molar-refractivity contribution in [2.45, 2.75) is 24.7 Å².